The van der Waals surface area contributed by atoms with Gasteiger partial charge in [0.1, 0.15) is 0 Å². The first kappa shape index (κ1) is 79.6. The molecule has 0 N–H and O–H groups in total. The van der Waals surface area contributed by atoms with Crippen LogP contribution in [0.3, 0.4) is 0 Å². The summed E-state index contributed by atoms with van der Waals surface area (Å²) in [4.78, 5) is 0. The Morgan fingerprint density at radius 3 is 1.00 bits per heavy atom. The van der Waals surface area contributed by atoms with E-state index in [2.05, 4.69) is 155 Å². The third-order valence-corrected chi connectivity index (χ3v) is 23.3. The first-order valence-corrected chi connectivity index (χ1v) is 36.1. The summed E-state index contributed by atoms with van der Waals surface area (Å²) < 4.78 is 54.1. The van der Waals surface area contributed by atoms with Crippen molar-refractivity contribution in [2.45, 2.75) is 215 Å². The van der Waals surface area contributed by atoms with Gasteiger partial charge in [0, 0.05) is 72.3 Å². The minimum atomic E-state index is -0.0648. The zero-order valence-electron chi connectivity index (χ0n) is 48.1. The van der Waals surface area contributed by atoms with Crippen LogP contribution >= 0.6 is 118 Å². The lowest BCUT2D eigenvalue weighted by Gasteiger charge is -2.18. The third-order valence-electron chi connectivity index (χ3n) is 9.44. The molecule has 0 spiro atoms. The van der Waals surface area contributed by atoms with Gasteiger partial charge in [-0.2, -0.15) is 23.5 Å². The number of hydrogen-bond acceptors (Lipinski definition) is 20. The van der Waals surface area contributed by atoms with Crippen molar-refractivity contribution in [1.82, 2.24) is 0 Å². The molecule has 20 heteroatoms. The normalized spacial score (nSPS) is 24.4. The molecule has 6 fully saturated rings. The van der Waals surface area contributed by atoms with Crippen LogP contribution < -0.4 is 0 Å². The highest BCUT2D eigenvalue weighted by Gasteiger charge is 2.26. The van der Waals surface area contributed by atoms with Crippen LogP contribution in [0.5, 0.6) is 0 Å². The van der Waals surface area contributed by atoms with Crippen LogP contribution in [0.25, 0.3) is 0 Å². The summed E-state index contributed by atoms with van der Waals surface area (Å²) in [7, 11) is 3.21. The van der Waals surface area contributed by atoms with E-state index in [1.807, 2.05) is 109 Å². The third kappa shape index (κ3) is 58.8. The molecular formula is C50H108O10S10. The Labute approximate surface area is 476 Å². The molecule has 0 aromatic carbocycles. The average Bonchev–Trinajstić information content (AvgIpc) is 4.15. The zero-order valence-corrected chi connectivity index (χ0v) is 56.3. The standard InChI is InChI=1S/C6H12O2.C6H14O2.C6H12S2.C6H14S2.C5H10O2.C5H10S2.C4H8O2.C4H10O2.C4H8S2.C4H10S2/c1-4-5(2)8-6(3)7-4;1-4-7-6(3)8-5-2;1-4-5(2)8-6(3)7-4;1-4-7-6(3)8-5-2;2*1-5-6-3-2-4-7-5;1-4-5-2-3-6-4;1-4(5-2)6-3;1-4-5-2-3-6-4;1-4(5-2)6-3/h4-6H,1-3H3;6H,4-5H2,1-3H3;4-6H,1-3H3;6H,4-5H2,1-3H3;2*5H,2-4H2,1H3;4H,2-3H2,1H3;4H,1-3H3;4H,2-3H2,1H3;4H,1-3H3. The Kier molecular flexibility index (Phi) is 66.2. The van der Waals surface area contributed by atoms with Crippen molar-refractivity contribution in [2.24, 2.45) is 0 Å². The summed E-state index contributed by atoms with van der Waals surface area (Å²) in [5.41, 5.74) is 0. The highest BCUT2D eigenvalue weighted by molar-refractivity contribution is 8.21. The second-order valence-corrected chi connectivity index (χ2v) is 31.8. The first-order chi connectivity index (χ1) is 33.2. The number of hydrogen-bond donors (Lipinski definition) is 0. The number of ether oxygens (including phenoxy) is 10. The van der Waals surface area contributed by atoms with Crippen molar-refractivity contribution >= 4 is 118 Å². The van der Waals surface area contributed by atoms with E-state index in [0.717, 1.165) is 79.5 Å². The van der Waals surface area contributed by atoms with Gasteiger partial charge in [0.05, 0.1) is 38.6 Å². The van der Waals surface area contributed by atoms with Crippen LogP contribution in [0.1, 0.15) is 137 Å². The van der Waals surface area contributed by atoms with Crippen molar-refractivity contribution in [3.8, 4) is 0 Å². The van der Waals surface area contributed by atoms with Gasteiger partial charge in [0.2, 0.25) is 0 Å². The van der Waals surface area contributed by atoms with Crippen LogP contribution in [0, 0.1) is 0 Å². The monoisotopic (exact) mass is 1190 g/mol. The van der Waals surface area contributed by atoms with Gasteiger partial charge in [-0.3, -0.25) is 0 Å². The Balaban J connectivity index is -0.000000346. The molecule has 0 saturated carbocycles. The van der Waals surface area contributed by atoms with Gasteiger partial charge in [0.15, 0.2) is 31.5 Å². The summed E-state index contributed by atoms with van der Waals surface area (Å²) in [6.45, 7) is 42.5. The van der Waals surface area contributed by atoms with Gasteiger partial charge in [0.25, 0.3) is 0 Å². The lowest BCUT2D eigenvalue weighted by Crippen LogP contribution is -2.21. The smallest absolute Gasteiger partial charge is 0.155 e. The second-order valence-electron chi connectivity index (χ2n) is 15.5. The molecule has 6 rings (SSSR count). The minimum absolute atomic E-state index is 0.000000000000000222. The molecule has 6 saturated heterocycles. The van der Waals surface area contributed by atoms with E-state index in [1.165, 1.54) is 40.9 Å². The van der Waals surface area contributed by atoms with Gasteiger partial charge in [-0.25, -0.2) is 0 Å². The summed E-state index contributed by atoms with van der Waals surface area (Å²) in [5.74, 6) is 7.99. The van der Waals surface area contributed by atoms with Crippen molar-refractivity contribution in [3.63, 3.8) is 0 Å². The minimum Gasteiger partial charge on any atom is -0.356 e. The molecule has 10 nitrogen and oxygen atoms in total. The zero-order chi connectivity index (χ0) is 54.1. The summed E-state index contributed by atoms with van der Waals surface area (Å²) in [6.07, 6.45) is 7.23. The second kappa shape index (κ2) is 58.3. The summed E-state index contributed by atoms with van der Waals surface area (Å²) >= 11 is 20.3. The van der Waals surface area contributed by atoms with Crippen LogP contribution in [-0.4, -0.2) is 178 Å². The van der Waals surface area contributed by atoms with Gasteiger partial charge < -0.3 is 47.4 Å². The molecule has 0 radical (unpaired) electrons. The van der Waals surface area contributed by atoms with E-state index < -0.39 is 0 Å². The van der Waals surface area contributed by atoms with Crippen molar-refractivity contribution < 1.29 is 47.4 Å². The molecule has 4 unspecified atom stereocenters. The lowest BCUT2D eigenvalue weighted by atomic mass is 10.3. The van der Waals surface area contributed by atoms with Crippen molar-refractivity contribution in [3.05, 3.63) is 0 Å². The van der Waals surface area contributed by atoms with Crippen molar-refractivity contribution in [1.29, 1.82) is 0 Å². The maximum absolute atomic E-state index is 5.25. The quantitative estimate of drug-likeness (QED) is 0.173. The Bertz CT molecular complexity index is 890. The predicted octanol–water partition coefficient (Wildman–Crippen LogP) is 15.8. The predicted molar refractivity (Wildman–Crippen MR) is 333 cm³/mol. The maximum Gasteiger partial charge on any atom is 0.155 e. The largest absolute Gasteiger partial charge is 0.356 e. The molecule has 0 aromatic rings. The van der Waals surface area contributed by atoms with Gasteiger partial charge in [-0.05, 0) is 145 Å². The SMILES string of the molecule is CC1OC(C)C(C)O1.CC1OCCCO1.CC1OCCO1.CC1SC(C)C(C)S1.CC1SCCCS1.CC1SCCS1.CCOC(C)OCC.CCSC(C)SCC.COC(C)OC.CSC(C)SC. The molecule has 0 aliphatic carbocycles. The van der Waals surface area contributed by atoms with Crippen LogP contribution in [0.4, 0.5) is 0 Å². The summed E-state index contributed by atoms with van der Waals surface area (Å²) in [6, 6.07) is 0. The molecular weight excluding hydrogens is 1080 g/mol. The van der Waals surface area contributed by atoms with E-state index in [4.69, 9.17) is 37.9 Å². The average molecular weight is 1190 g/mol. The van der Waals surface area contributed by atoms with Gasteiger partial charge in [-0.15, -0.1) is 94.1 Å². The maximum atomic E-state index is 5.25. The number of methoxy groups -OCH3 is 2. The fraction of sp³-hybridized carbons (Fsp3) is 1.00. The van der Waals surface area contributed by atoms with E-state index in [-0.39, 0.29) is 43.7 Å². The van der Waals surface area contributed by atoms with Crippen molar-refractivity contribution in [2.75, 3.05) is 101 Å². The Morgan fingerprint density at radius 2 is 0.843 bits per heavy atom. The van der Waals surface area contributed by atoms with E-state index in [9.17, 15) is 0 Å². The van der Waals surface area contributed by atoms with E-state index in [1.54, 1.807) is 14.2 Å². The molecule has 6 aliphatic rings. The first-order valence-electron chi connectivity index (χ1n) is 25.3. The molecule has 70 heavy (non-hydrogen) atoms. The number of thioether (sulfide) groups is 10. The highest BCUT2D eigenvalue weighted by atomic mass is 32.2. The Hall–Kier alpha value is 3.10. The van der Waals surface area contributed by atoms with E-state index in [0.29, 0.717) is 0 Å². The van der Waals surface area contributed by atoms with Gasteiger partial charge >= 0.3 is 0 Å². The van der Waals surface area contributed by atoms with Gasteiger partial charge in [-0.1, -0.05) is 27.7 Å². The van der Waals surface area contributed by atoms with Crippen LogP contribution in [-0.2, 0) is 47.4 Å². The van der Waals surface area contributed by atoms with E-state index >= 15 is 0 Å². The molecule has 4 atom stereocenters. The van der Waals surface area contributed by atoms with Crippen LogP contribution in [0.2, 0.25) is 0 Å². The molecule has 0 bridgehead atoms. The van der Waals surface area contributed by atoms with Crippen LogP contribution in [0.15, 0.2) is 0 Å². The lowest BCUT2D eigenvalue weighted by molar-refractivity contribution is -0.167. The molecule has 0 amide bonds. The fourth-order valence-corrected chi connectivity index (χ4v) is 16.2. The highest BCUT2D eigenvalue weighted by Crippen LogP contribution is 2.42. The Morgan fingerprint density at radius 1 is 0.471 bits per heavy atom. The molecule has 6 heterocycles. The fourth-order valence-electron chi connectivity index (χ4n) is 5.11. The summed E-state index contributed by atoms with van der Waals surface area (Å²) in [5, 5.41) is 1.74. The topological polar surface area (TPSA) is 92.3 Å². The number of rotatable bonds is 12. The molecule has 6 aliphatic heterocycles. The molecule has 428 valence electrons. The molecule has 0 aromatic heterocycles.